The van der Waals surface area contributed by atoms with Crippen molar-refractivity contribution in [1.82, 2.24) is 15.1 Å². The first-order valence-electron chi connectivity index (χ1n) is 7.72. The topological polar surface area (TPSA) is 35.6 Å². The average molecular weight is 308 g/mol. The van der Waals surface area contributed by atoms with Crippen molar-refractivity contribution in [2.75, 3.05) is 39.3 Å². The van der Waals surface area contributed by atoms with Gasteiger partial charge in [0.25, 0.3) is 0 Å². The molecule has 2 heterocycles. The van der Waals surface area contributed by atoms with Crippen molar-refractivity contribution >= 4 is 17.5 Å². The highest BCUT2D eigenvalue weighted by molar-refractivity contribution is 6.31. The Labute approximate surface area is 131 Å². The number of rotatable bonds is 4. The summed E-state index contributed by atoms with van der Waals surface area (Å²) < 4.78 is 0. The minimum Gasteiger partial charge on any atom is -0.341 e. The van der Waals surface area contributed by atoms with Gasteiger partial charge in [0.05, 0.1) is 0 Å². The zero-order valence-corrected chi connectivity index (χ0v) is 13.0. The predicted octanol–water partition coefficient (Wildman–Crippen LogP) is 1.91. The minimum atomic E-state index is 0.296. The van der Waals surface area contributed by atoms with Crippen LogP contribution in [-0.4, -0.2) is 55.0 Å². The Balaban J connectivity index is 1.67. The van der Waals surface area contributed by atoms with E-state index in [1.54, 1.807) is 0 Å². The van der Waals surface area contributed by atoms with E-state index < -0.39 is 0 Å². The lowest BCUT2D eigenvalue weighted by Gasteiger charge is -2.37. The Bertz CT molecular complexity index is 508. The van der Waals surface area contributed by atoms with Crippen LogP contribution in [-0.2, 0) is 4.79 Å². The van der Waals surface area contributed by atoms with Gasteiger partial charge in [0.1, 0.15) is 0 Å². The molecule has 114 valence electrons. The Morgan fingerprint density at radius 1 is 1.24 bits per heavy atom. The number of hydrogen-bond donors (Lipinski definition) is 1. The summed E-state index contributed by atoms with van der Waals surface area (Å²) in [6.45, 7) is 5.58. The van der Waals surface area contributed by atoms with Gasteiger partial charge in [0, 0.05) is 56.8 Å². The van der Waals surface area contributed by atoms with E-state index >= 15 is 0 Å². The Kier molecular flexibility index (Phi) is 4.78. The van der Waals surface area contributed by atoms with Crippen molar-refractivity contribution < 1.29 is 4.79 Å². The molecule has 1 N–H and O–H groups in total. The fourth-order valence-corrected chi connectivity index (χ4v) is 3.52. The molecule has 0 saturated carbocycles. The van der Waals surface area contributed by atoms with Crippen LogP contribution in [0.4, 0.5) is 0 Å². The van der Waals surface area contributed by atoms with Gasteiger partial charge in [0.15, 0.2) is 0 Å². The third kappa shape index (κ3) is 3.39. The SMILES string of the molecule is O=C1CCCN1CCN1CCNCC1c1ccccc1Cl. The number of hydrogen-bond acceptors (Lipinski definition) is 3. The van der Waals surface area contributed by atoms with Crippen LogP contribution in [0.5, 0.6) is 0 Å². The Morgan fingerprint density at radius 2 is 2.10 bits per heavy atom. The van der Waals surface area contributed by atoms with Crippen molar-refractivity contribution in [3.8, 4) is 0 Å². The third-order valence-corrected chi connectivity index (χ3v) is 4.79. The van der Waals surface area contributed by atoms with Crippen LogP contribution >= 0.6 is 11.6 Å². The van der Waals surface area contributed by atoms with Crippen LogP contribution in [0.15, 0.2) is 24.3 Å². The van der Waals surface area contributed by atoms with E-state index in [-0.39, 0.29) is 0 Å². The summed E-state index contributed by atoms with van der Waals surface area (Å²) in [5.74, 6) is 0.305. The summed E-state index contributed by atoms with van der Waals surface area (Å²) in [6, 6.07) is 8.36. The van der Waals surface area contributed by atoms with Gasteiger partial charge in [0.2, 0.25) is 5.91 Å². The van der Waals surface area contributed by atoms with E-state index in [2.05, 4.69) is 16.3 Å². The van der Waals surface area contributed by atoms with Crippen molar-refractivity contribution in [1.29, 1.82) is 0 Å². The summed E-state index contributed by atoms with van der Waals surface area (Å²) in [5.41, 5.74) is 1.18. The molecule has 1 aromatic carbocycles. The number of amides is 1. The lowest BCUT2D eigenvalue weighted by atomic mass is 10.0. The smallest absolute Gasteiger partial charge is 0.222 e. The number of nitrogens with one attached hydrogen (secondary N) is 1. The highest BCUT2D eigenvalue weighted by Gasteiger charge is 2.27. The fourth-order valence-electron chi connectivity index (χ4n) is 3.26. The molecule has 5 heteroatoms. The number of piperazine rings is 1. The molecule has 2 aliphatic heterocycles. The van der Waals surface area contributed by atoms with E-state index in [1.165, 1.54) is 5.56 Å². The molecule has 2 aliphatic rings. The first kappa shape index (κ1) is 14.8. The van der Waals surface area contributed by atoms with E-state index in [0.29, 0.717) is 11.9 Å². The van der Waals surface area contributed by atoms with Crippen LogP contribution in [0.1, 0.15) is 24.4 Å². The van der Waals surface area contributed by atoms with Gasteiger partial charge in [-0.2, -0.15) is 0 Å². The average Bonchev–Trinajstić information content (AvgIpc) is 2.91. The number of carbonyl (C=O) groups is 1. The molecule has 0 aromatic heterocycles. The predicted molar refractivity (Wildman–Crippen MR) is 84.4 cm³/mol. The molecule has 1 aromatic rings. The van der Waals surface area contributed by atoms with Crippen LogP contribution in [0.3, 0.4) is 0 Å². The molecule has 0 spiro atoms. The Morgan fingerprint density at radius 3 is 2.86 bits per heavy atom. The van der Waals surface area contributed by atoms with Gasteiger partial charge < -0.3 is 10.2 Å². The van der Waals surface area contributed by atoms with Crippen LogP contribution in [0, 0.1) is 0 Å². The normalized spacial score (nSPS) is 23.8. The first-order chi connectivity index (χ1) is 10.3. The van der Waals surface area contributed by atoms with Gasteiger partial charge in [-0.15, -0.1) is 0 Å². The molecule has 1 amide bonds. The van der Waals surface area contributed by atoms with Gasteiger partial charge in [-0.05, 0) is 18.1 Å². The maximum Gasteiger partial charge on any atom is 0.222 e. The maximum absolute atomic E-state index is 11.7. The second-order valence-corrected chi connectivity index (χ2v) is 6.17. The summed E-state index contributed by atoms with van der Waals surface area (Å²) >= 11 is 6.35. The fraction of sp³-hybridized carbons (Fsp3) is 0.562. The summed E-state index contributed by atoms with van der Waals surface area (Å²) in [5, 5.41) is 4.27. The van der Waals surface area contributed by atoms with Crippen molar-refractivity contribution in [3.63, 3.8) is 0 Å². The third-order valence-electron chi connectivity index (χ3n) is 4.45. The molecule has 0 aliphatic carbocycles. The number of benzene rings is 1. The molecule has 1 atom stereocenters. The van der Waals surface area contributed by atoms with E-state index in [4.69, 9.17) is 11.6 Å². The standard InChI is InChI=1S/C16H22ClN3O/c17-14-5-2-1-4-13(14)15-12-18-7-9-19(15)10-11-20-8-3-6-16(20)21/h1-2,4-5,15,18H,3,6-12H2. The van der Waals surface area contributed by atoms with Crippen molar-refractivity contribution in [2.24, 2.45) is 0 Å². The molecular weight excluding hydrogens is 286 g/mol. The molecule has 21 heavy (non-hydrogen) atoms. The molecule has 1 unspecified atom stereocenters. The molecular formula is C16H22ClN3O. The second kappa shape index (κ2) is 6.77. The first-order valence-corrected chi connectivity index (χ1v) is 8.10. The maximum atomic E-state index is 11.7. The van der Waals surface area contributed by atoms with Gasteiger partial charge in [-0.25, -0.2) is 0 Å². The largest absolute Gasteiger partial charge is 0.341 e. The Hall–Kier alpha value is -1.10. The van der Waals surface area contributed by atoms with Gasteiger partial charge >= 0.3 is 0 Å². The van der Waals surface area contributed by atoms with Crippen LogP contribution < -0.4 is 5.32 Å². The molecule has 4 nitrogen and oxygen atoms in total. The minimum absolute atomic E-state index is 0.296. The van der Waals surface area contributed by atoms with Crippen molar-refractivity contribution in [3.05, 3.63) is 34.9 Å². The lowest BCUT2D eigenvalue weighted by molar-refractivity contribution is -0.127. The summed E-state index contributed by atoms with van der Waals surface area (Å²) in [6.07, 6.45) is 1.73. The molecule has 0 bridgehead atoms. The highest BCUT2D eigenvalue weighted by Crippen LogP contribution is 2.28. The number of nitrogens with zero attached hydrogens (tertiary/aromatic N) is 2. The molecule has 2 fully saturated rings. The number of likely N-dealkylation sites (tertiary alicyclic amines) is 1. The summed E-state index contributed by atoms with van der Waals surface area (Å²) in [4.78, 5) is 16.2. The zero-order valence-electron chi connectivity index (χ0n) is 12.2. The monoisotopic (exact) mass is 307 g/mol. The summed E-state index contributed by atoms with van der Waals surface area (Å²) in [7, 11) is 0. The van der Waals surface area contributed by atoms with E-state index in [0.717, 1.165) is 57.1 Å². The zero-order chi connectivity index (χ0) is 14.7. The number of halogens is 1. The van der Waals surface area contributed by atoms with E-state index in [1.807, 2.05) is 23.1 Å². The van der Waals surface area contributed by atoms with Gasteiger partial charge in [-0.1, -0.05) is 29.8 Å². The lowest BCUT2D eigenvalue weighted by Crippen LogP contribution is -2.48. The van der Waals surface area contributed by atoms with Gasteiger partial charge in [-0.3, -0.25) is 9.69 Å². The van der Waals surface area contributed by atoms with Crippen molar-refractivity contribution in [2.45, 2.75) is 18.9 Å². The second-order valence-electron chi connectivity index (χ2n) is 5.76. The van der Waals surface area contributed by atoms with E-state index in [9.17, 15) is 4.79 Å². The molecule has 3 rings (SSSR count). The highest BCUT2D eigenvalue weighted by atomic mass is 35.5. The quantitative estimate of drug-likeness (QED) is 0.923. The van der Waals surface area contributed by atoms with Crippen LogP contribution in [0.2, 0.25) is 5.02 Å². The molecule has 2 saturated heterocycles. The van der Waals surface area contributed by atoms with Crippen LogP contribution in [0.25, 0.3) is 0 Å². The molecule has 0 radical (unpaired) electrons. The number of carbonyl (C=O) groups excluding carboxylic acids is 1.